The molecule has 116 valence electrons. The minimum atomic E-state index is -1.70. The molecular formula is C12H15NO8. The molecule has 0 spiro atoms. The minimum absolute atomic E-state index is 0.953. The number of esters is 2. The number of terminal acetylenes is 1. The van der Waals surface area contributed by atoms with Gasteiger partial charge in [-0.3, -0.25) is 19.2 Å². The van der Waals surface area contributed by atoms with Crippen molar-refractivity contribution in [3.63, 3.8) is 0 Å². The molecule has 0 aliphatic rings. The molecule has 0 aromatic carbocycles. The molecule has 9 heteroatoms. The number of rotatable bonds is 8. The van der Waals surface area contributed by atoms with Crippen LogP contribution in [0.1, 0.15) is 26.7 Å². The van der Waals surface area contributed by atoms with Gasteiger partial charge in [0.15, 0.2) is 0 Å². The zero-order valence-electron chi connectivity index (χ0n) is 11.4. The van der Waals surface area contributed by atoms with Crippen LogP contribution in [0.2, 0.25) is 0 Å². The smallest absolute Gasteiger partial charge is 0.321 e. The van der Waals surface area contributed by atoms with Crippen molar-refractivity contribution in [2.24, 2.45) is 0 Å². The molecule has 0 aromatic heterocycles. The molecule has 0 saturated carbocycles. The van der Waals surface area contributed by atoms with Gasteiger partial charge in [0.2, 0.25) is 0 Å². The average Bonchev–Trinajstić information content (AvgIpc) is 2.25. The van der Waals surface area contributed by atoms with Crippen LogP contribution in [0.15, 0.2) is 0 Å². The highest BCUT2D eigenvalue weighted by atomic mass is 16.7. The molecule has 0 fully saturated rings. The maximum atomic E-state index is 11.2. The number of carboxylic acid groups (broad SMARTS) is 2. The van der Waals surface area contributed by atoms with Gasteiger partial charge in [0.1, 0.15) is 12.8 Å². The predicted octanol–water partition coefficient (Wildman–Crippen LogP) is -0.693. The fraction of sp³-hybridized carbons (Fsp3) is 0.500. The molecular weight excluding hydrogens is 286 g/mol. The Bertz CT molecular complexity index is 446. The van der Waals surface area contributed by atoms with E-state index in [-0.39, 0.29) is 0 Å². The maximum Gasteiger partial charge on any atom is 0.321 e. The fourth-order valence-electron chi connectivity index (χ4n) is 0.988. The maximum absolute atomic E-state index is 11.2. The molecule has 21 heavy (non-hydrogen) atoms. The van der Waals surface area contributed by atoms with Gasteiger partial charge in [0, 0.05) is 0 Å². The van der Waals surface area contributed by atoms with E-state index >= 15 is 0 Å². The normalized spacial score (nSPS) is 10.6. The summed E-state index contributed by atoms with van der Waals surface area (Å²) in [6.07, 6.45) is 1.59. The lowest BCUT2D eigenvalue weighted by Crippen LogP contribution is -2.49. The Morgan fingerprint density at radius 3 is 1.76 bits per heavy atom. The van der Waals surface area contributed by atoms with Crippen molar-refractivity contribution in [3.05, 3.63) is 0 Å². The monoisotopic (exact) mass is 301 g/mol. The molecule has 0 radical (unpaired) electrons. The van der Waals surface area contributed by atoms with Crippen LogP contribution >= 0.6 is 0 Å². The van der Waals surface area contributed by atoms with Crippen molar-refractivity contribution in [1.29, 1.82) is 0 Å². The van der Waals surface area contributed by atoms with E-state index in [0.29, 0.717) is 0 Å². The van der Waals surface area contributed by atoms with Gasteiger partial charge >= 0.3 is 30.3 Å². The summed E-state index contributed by atoms with van der Waals surface area (Å²) in [4.78, 5) is 43.2. The molecule has 0 aliphatic heterocycles. The van der Waals surface area contributed by atoms with Gasteiger partial charge in [-0.25, -0.2) is 5.32 Å². The average molecular weight is 301 g/mol. The molecule has 0 saturated heterocycles. The number of nitrogens with one attached hydrogen (secondary N) is 1. The zero-order valence-corrected chi connectivity index (χ0v) is 11.4. The summed E-state index contributed by atoms with van der Waals surface area (Å²) in [6.45, 7) is 2.99. The second kappa shape index (κ2) is 7.86. The quantitative estimate of drug-likeness (QED) is 0.230. The summed E-state index contributed by atoms with van der Waals surface area (Å²) >= 11 is 0. The van der Waals surface area contributed by atoms with Crippen molar-refractivity contribution >= 4 is 23.9 Å². The van der Waals surface area contributed by atoms with E-state index < -0.39 is 48.7 Å². The lowest BCUT2D eigenvalue weighted by Gasteiger charge is -2.26. The third-order valence-corrected chi connectivity index (χ3v) is 1.91. The molecule has 0 atom stereocenters. The van der Waals surface area contributed by atoms with E-state index in [1.54, 1.807) is 0 Å². The van der Waals surface area contributed by atoms with Gasteiger partial charge in [-0.15, -0.1) is 6.42 Å². The molecule has 0 amide bonds. The first kappa shape index (κ1) is 18.4. The van der Waals surface area contributed by atoms with E-state index in [4.69, 9.17) is 16.6 Å². The topological polar surface area (TPSA) is 139 Å². The van der Waals surface area contributed by atoms with Gasteiger partial charge < -0.3 is 19.7 Å². The molecule has 9 nitrogen and oxygen atoms in total. The van der Waals surface area contributed by atoms with Gasteiger partial charge in [-0.2, -0.15) is 0 Å². The number of ether oxygens (including phenoxy) is 2. The molecule has 0 rings (SSSR count). The molecule has 3 N–H and O–H groups in total. The Kier molecular flexibility index (Phi) is 6.89. The third kappa shape index (κ3) is 9.01. The van der Waals surface area contributed by atoms with Crippen molar-refractivity contribution in [3.8, 4) is 12.3 Å². The van der Waals surface area contributed by atoms with E-state index in [9.17, 15) is 19.2 Å². The number of carboxylic acids is 2. The van der Waals surface area contributed by atoms with E-state index in [1.165, 1.54) is 13.8 Å². The molecule has 0 aromatic rings. The number of carbonyl (C=O) groups is 4. The Morgan fingerprint density at radius 2 is 1.48 bits per heavy atom. The summed E-state index contributed by atoms with van der Waals surface area (Å²) < 4.78 is 9.18. The van der Waals surface area contributed by atoms with Crippen LogP contribution in [0.5, 0.6) is 0 Å². The largest absolute Gasteiger partial charge is 0.481 e. The fourth-order valence-corrected chi connectivity index (χ4v) is 0.988. The van der Waals surface area contributed by atoms with Crippen LogP contribution < -0.4 is 5.32 Å². The van der Waals surface area contributed by atoms with Gasteiger partial charge in [0.05, 0.1) is 5.54 Å². The van der Waals surface area contributed by atoms with Crippen LogP contribution in [0, 0.1) is 12.3 Å². The Hall–Kier alpha value is -2.60. The van der Waals surface area contributed by atoms with Gasteiger partial charge in [-0.1, -0.05) is 5.92 Å². The van der Waals surface area contributed by atoms with Crippen molar-refractivity contribution in [2.75, 3.05) is 0 Å². The SMILES string of the molecule is C#CC(C)(C)NC(OC(=O)CC(=O)O)OC(=O)CC(=O)O. The lowest BCUT2D eigenvalue weighted by atomic mass is 10.1. The molecule has 0 unspecified atom stereocenters. The van der Waals surface area contributed by atoms with E-state index in [1.807, 2.05) is 0 Å². The number of hydrogen-bond acceptors (Lipinski definition) is 7. The Balaban J connectivity index is 4.81. The highest BCUT2D eigenvalue weighted by molar-refractivity contribution is 5.91. The first-order valence-electron chi connectivity index (χ1n) is 5.63. The first-order chi connectivity index (χ1) is 9.55. The number of hydrogen-bond donors (Lipinski definition) is 3. The van der Waals surface area contributed by atoms with Gasteiger partial charge in [-0.05, 0) is 13.8 Å². The summed E-state index contributed by atoms with van der Waals surface area (Å²) in [5.41, 5.74) is -1.06. The van der Waals surface area contributed by atoms with Crippen molar-refractivity contribution in [1.82, 2.24) is 5.32 Å². The lowest BCUT2D eigenvalue weighted by molar-refractivity contribution is -0.197. The molecule has 0 bridgehead atoms. The highest BCUT2D eigenvalue weighted by Crippen LogP contribution is 2.06. The summed E-state index contributed by atoms with van der Waals surface area (Å²) in [6, 6.07) is 0. The number of carbonyl (C=O) groups excluding carboxylic acids is 2. The second-order valence-electron chi connectivity index (χ2n) is 4.37. The second-order valence-corrected chi connectivity index (χ2v) is 4.37. The Morgan fingerprint density at radius 1 is 1.10 bits per heavy atom. The van der Waals surface area contributed by atoms with Crippen LogP contribution in [0.25, 0.3) is 0 Å². The third-order valence-electron chi connectivity index (χ3n) is 1.91. The summed E-state index contributed by atoms with van der Waals surface area (Å²) in [5, 5.41) is 19.3. The minimum Gasteiger partial charge on any atom is -0.481 e. The standard InChI is InChI=1S/C12H15NO8/c1-4-12(2,3)13-11(20-9(18)5-7(14)15)21-10(19)6-8(16)17/h1,11,13H,5-6H2,2-3H3,(H,14,15)(H,16,17). The molecule has 0 aliphatic carbocycles. The van der Waals surface area contributed by atoms with Crippen LogP contribution in [-0.4, -0.2) is 46.0 Å². The first-order valence-corrected chi connectivity index (χ1v) is 5.63. The predicted molar refractivity (Wildman–Crippen MR) is 66.5 cm³/mol. The van der Waals surface area contributed by atoms with E-state index in [0.717, 1.165) is 0 Å². The van der Waals surface area contributed by atoms with E-state index in [2.05, 4.69) is 20.7 Å². The highest BCUT2D eigenvalue weighted by Gasteiger charge is 2.27. The summed E-state index contributed by atoms with van der Waals surface area (Å²) in [7, 11) is 0. The Labute approximate surface area is 120 Å². The van der Waals surface area contributed by atoms with Crippen LogP contribution in [0.4, 0.5) is 0 Å². The van der Waals surface area contributed by atoms with Crippen LogP contribution in [-0.2, 0) is 28.7 Å². The van der Waals surface area contributed by atoms with Crippen molar-refractivity contribution in [2.45, 2.75) is 38.6 Å². The van der Waals surface area contributed by atoms with Crippen LogP contribution in [0.3, 0.4) is 0 Å². The van der Waals surface area contributed by atoms with Crippen molar-refractivity contribution < 1.29 is 38.9 Å². The zero-order chi connectivity index (χ0) is 16.6. The van der Waals surface area contributed by atoms with Gasteiger partial charge in [0.25, 0.3) is 0 Å². The molecule has 0 heterocycles. The number of aliphatic carboxylic acids is 2. The summed E-state index contributed by atoms with van der Waals surface area (Å²) in [5.74, 6) is -2.97.